The molecule has 0 aromatic heterocycles. The van der Waals surface area contributed by atoms with Crippen LogP contribution < -0.4 is 11.3 Å². The Balaban J connectivity index is 3.55. The van der Waals surface area contributed by atoms with E-state index in [4.69, 9.17) is 5.84 Å². The van der Waals surface area contributed by atoms with Crippen LogP contribution in [0.25, 0.3) is 0 Å². The van der Waals surface area contributed by atoms with E-state index >= 15 is 0 Å². The van der Waals surface area contributed by atoms with E-state index < -0.39 is 0 Å². The summed E-state index contributed by atoms with van der Waals surface area (Å²) in [5, 5.41) is 0. The maximum absolute atomic E-state index is 5.31. The Morgan fingerprint density at radius 1 is 1.50 bits per heavy atom. The molecule has 0 rings (SSSR count). The standard InChI is InChI=1S/C9H21N3/c1-4-9(11-10)7-8-12(5-2)6-3/h4,9,11H,1,5-8,10H2,2-3H3. The second-order valence-corrected chi connectivity index (χ2v) is 2.82. The molecule has 0 aliphatic carbocycles. The second-order valence-electron chi connectivity index (χ2n) is 2.82. The molecule has 1 atom stereocenters. The topological polar surface area (TPSA) is 41.3 Å². The van der Waals surface area contributed by atoms with E-state index in [2.05, 4.69) is 30.8 Å². The molecule has 0 heterocycles. The quantitative estimate of drug-likeness (QED) is 0.337. The first kappa shape index (κ1) is 11.6. The minimum Gasteiger partial charge on any atom is -0.304 e. The van der Waals surface area contributed by atoms with E-state index in [1.807, 2.05) is 6.08 Å². The van der Waals surface area contributed by atoms with Gasteiger partial charge in [0.25, 0.3) is 0 Å². The summed E-state index contributed by atoms with van der Waals surface area (Å²) in [6.07, 6.45) is 2.88. The minimum atomic E-state index is 0.241. The molecule has 0 amide bonds. The molecule has 0 aromatic rings. The normalized spacial score (nSPS) is 13.3. The molecule has 0 bridgehead atoms. The molecule has 12 heavy (non-hydrogen) atoms. The summed E-state index contributed by atoms with van der Waals surface area (Å²) in [7, 11) is 0. The van der Waals surface area contributed by atoms with Crippen molar-refractivity contribution in [3.8, 4) is 0 Å². The summed E-state index contributed by atoms with van der Waals surface area (Å²) >= 11 is 0. The third-order valence-electron chi connectivity index (χ3n) is 2.15. The number of hydrogen-bond donors (Lipinski definition) is 2. The molecule has 0 radical (unpaired) electrons. The summed E-state index contributed by atoms with van der Waals surface area (Å²) in [6.45, 7) is 11.3. The van der Waals surface area contributed by atoms with Gasteiger partial charge in [0.1, 0.15) is 0 Å². The summed E-state index contributed by atoms with van der Waals surface area (Å²) < 4.78 is 0. The van der Waals surface area contributed by atoms with Crippen molar-refractivity contribution in [1.29, 1.82) is 0 Å². The second kappa shape index (κ2) is 7.28. The molecule has 0 saturated carbocycles. The SMILES string of the molecule is C=CC(CCN(CC)CC)NN. The Kier molecular flexibility index (Phi) is 7.05. The summed E-state index contributed by atoms with van der Waals surface area (Å²) in [5.74, 6) is 5.31. The van der Waals surface area contributed by atoms with Crippen molar-refractivity contribution < 1.29 is 0 Å². The molecule has 0 aliphatic heterocycles. The number of nitrogens with one attached hydrogen (secondary N) is 1. The number of nitrogens with zero attached hydrogens (tertiary/aromatic N) is 1. The monoisotopic (exact) mass is 171 g/mol. The van der Waals surface area contributed by atoms with Crippen LogP contribution in [-0.4, -0.2) is 30.6 Å². The highest BCUT2D eigenvalue weighted by Gasteiger charge is 2.03. The zero-order chi connectivity index (χ0) is 9.40. The summed E-state index contributed by atoms with van der Waals surface area (Å²) in [4.78, 5) is 2.37. The van der Waals surface area contributed by atoms with Crippen molar-refractivity contribution in [1.82, 2.24) is 10.3 Å². The van der Waals surface area contributed by atoms with Gasteiger partial charge in [-0.25, -0.2) is 0 Å². The average molecular weight is 171 g/mol. The van der Waals surface area contributed by atoms with Crippen molar-refractivity contribution in [3.63, 3.8) is 0 Å². The van der Waals surface area contributed by atoms with Gasteiger partial charge in [0.15, 0.2) is 0 Å². The maximum Gasteiger partial charge on any atom is 0.0400 e. The van der Waals surface area contributed by atoms with Crippen LogP contribution in [0.15, 0.2) is 12.7 Å². The zero-order valence-corrected chi connectivity index (χ0v) is 8.21. The lowest BCUT2D eigenvalue weighted by atomic mass is 10.2. The minimum absolute atomic E-state index is 0.241. The lowest BCUT2D eigenvalue weighted by Gasteiger charge is -2.20. The Bertz CT molecular complexity index is 110. The van der Waals surface area contributed by atoms with Crippen molar-refractivity contribution in [2.45, 2.75) is 26.3 Å². The van der Waals surface area contributed by atoms with Gasteiger partial charge in [0.05, 0.1) is 0 Å². The fourth-order valence-electron chi connectivity index (χ4n) is 1.13. The van der Waals surface area contributed by atoms with Gasteiger partial charge in [0, 0.05) is 6.04 Å². The third-order valence-corrected chi connectivity index (χ3v) is 2.15. The summed E-state index contributed by atoms with van der Waals surface area (Å²) in [5.41, 5.74) is 2.71. The molecule has 0 fully saturated rings. The molecule has 0 aliphatic rings. The lowest BCUT2D eigenvalue weighted by Crippen LogP contribution is -2.36. The Hall–Kier alpha value is -0.380. The maximum atomic E-state index is 5.31. The van der Waals surface area contributed by atoms with Crippen molar-refractivity contribution >= 4 is 0 Å². The molecule has 0 aromatic carbocycles. The fraction of sp³-hybridized carbons (Fsp3) is 0.778. The number of rotatable bonds is 7. The number of hydrazine groups is 1. The largest absolute Gasteiger partial charge is 0.304 e. The Labute approximate surface area is 75.6 Å². The molecule has 72 valence electrons. The van der Waals surface area contributed by atoms with Gasteiger partial charge in [-0.1, -0.05) is 19.9 Å². The van der Waals surface area contributed by atoms with E-state index in [-0.39, 0.29) is 6.04 Å². The first-order valence-electron chi connectivity index (χ1n) is 4.59. The van der Waals surface area contributed by atoms with Crippen LogP contribution in [0.2, 0.25) is 0 Å². The molecule has 3 heteroatoms. The highest BCUT2D eigenvalue weighted by molar-refractivity contribution is 4.84. The van der Waals surface area contributed by atoms with Gasteiger partial charge < -0.3 is 4.90 Å². The van der Waals surface area contributed by atoms with Gasteiger partial charge in [-0.05, 0) is 26.1 Å². The van der Waals surface area contributed by atoms with Crippen LogP contribution in [0, 0.1) is 0 Å². The van der Waals surface area contributed by atoms with Crippen molar-refractivity contribution in [3.05, 3.63) is 12.7 Å². The average Bonchev–Trinajstić information content (AvgIpc) is 2.13. The van der Waals surface area contributed by atoms with E-state index in [0.717, 1.165) is 26.1 Å². The third kappa shape index (κ3) is 4.49. The van der Waals surface area contributed by atoms with E-state index in [1.165, 1.54) is 0 Å². The number of nitrogens with two attached hydrogens (primary N) is 1. The zero-order valence-electron chi connectivity index (χ0n) is 8.21. The molecular weight excluding hydrogens is 150 g/mol. The van der Waals surface area contributed by atoms with Crippen LogP contribution in [0.4, 0.5) is 0 Å². The van der Waals surface area contributed by atoms with Gasteiger partial charge in [-0.2, -0.15) is 0 Å². The predicted octanol–water partition coefficient (Wildman–Crippen LogP) is 0.736. The molecule has 0 spiro atoms. The van der Waals surface area contributed by atoms with E-state index in [1.54, 1.807) is 0 Å². The first-order chi connectivity index (χ1) is 5.78. The van der Waals surface area contributed by atoms with Crippen LogP contribution in [-0.2, 0) is 0 Å². The summed E-state index contributed by atoms with van der Waals surface area (Å²) in [6, 6.07) is 0.241. The lowest BCUT2D eigenvalue weighted by molar-refractivity contribution is 0.290. The first-order valence-corrected chi connectivity index (χ1v) is 4.59. The van der Waals surface area contributed by atoms with Crippen LogP contribution >= 0.6 is 0 Å². The van der Waals surface area contributed by atoms with E-state index in [0.29, 0.717) is 0 Å². The molecule has 3 N–H and O–H groups in total. The molecular formula is C9H21N3. The van der Waals surface area contributed by atoms with Gasteiger partial charge in [-0.3, -0.25) is 11.3 Å². The van der Waals surface area contributed by atoms with Crippen LogP contribution in [0.1, 0.15) is 20.3 Å². The van der Waals surface area contributed by atoms with Crippen molar-refractivity contribution in [2.75, 3.05) is 19.6 Å². The molecule has 1 unspecified atom stereocenters. The molecule has 3 nitrogen and oxygen atoms in total. The van der Waals surface area contributed by atoms with Crippen LogP contribution in [0.5, 0.6) is 0 Å². The Morgan fingerprint density at radius 2 is 2.08 bits per heavy atom. The predicted molar refractivity (Wildman–Crippen MR) is 53.7 cm³/mol. The molecule has 0 saturated heterocycles. The smallest absolute Gasteiger partial charge is 0.0400 e. The van der Waals surface area contributed by atoms with Gasteiger partial charge in [-0.15, -0.1) is 6.58 Å². The number of hydrogen-bond acceptors (Lipinski definition) is 3. The fourth-order valence-corrected chi connectivity index (χ4v) is 1.13. The highest BCUT2D eigenvalue weighted by atomic mass is 15.2. The van der Waals surface area contributed by atoms with E-state index in [9.17, 15) is 0 Å². The van der Waals surface area contributed by atoms with Crippen molar-refractivity contribution in [2.24, 2.45) is 5.84 Å². The van der Waals surface area contributed by atoms with Gasteiger partial charge >= 0.3 is 0 Å². The highest BCUT2D eigenvalue weighted by Crippen LogP contribution is 1.95. The van der Waals surface area contributed by atoms with Gasteiger partial charge in [0.2, 0.25) is 0 Å². The van der Waals surface area contributed by atoms with Crippen LogP contribution in [0.3, 0.4) is 0 Å². The Morgan fingerprint density at radius 3 is 2.42 bits per heavy atom.